The Kier molecular flexibility index (Phi) is 3.37. The van der Waals surface area contributed by atoms with Crippen molar-refractivity contribution in [1.29, 1.82) is 0 Å². The third-order valence-corrected chi connectivity index (χ3v) is 4.07. The maximum atomic E-state index is 12.6. The van der Waals surface area contributed by atoms with Crippen molar-refractivity contribution in [2.24, 2.45) is 0 Å². The number of carbonyl (C=O) groups excluding carboxylic acids is 3. The van der Waals surface area contributed by atoms with Gasteiger partial charge >= 0.3 is 5.97 Å². The molecule has 0 fully saturated rings. The minimum atomic E-state index is -0.873. The van der Waals surface area contributed by atoms with Crippen LogP contribution >= 0.6 is 0 Å². The van der Waals surface area contributed by atoms with Crippen LogP contribution in [0, 0.1) is 6.92 Å². The monoisotopic (exact) mass is 294 g/mol. The Labute approximate surface area is 127 Å². The van der Waals surface area contributed by atoms with E-state index < -0.39 is 11.9 Å². The third kappa shape index (κ3) is 1.96. The Bertz CT molecular complexity index is 769. The number of hydrogen-bond acceptors (Lipinski definition) is 4. The smallest absolute Gasteiger partial charge is 0.338 e. The van der Waals surface area contributed by atoms with Crippen molar-refractivity contribution in [1.82, 2.24) is 0 Å². The summed E-state index contributed by atoms with van der Waals surface area (Å²) >= 11 is 0. The molecule has 0 heterocycles. The van der Waals surface area contributed by atoms with Gasteiger partial charge in [-0.15, -0.1) is 0 Å². The van der Waals surface area contributed by atoms with Gasteiger partial charge in [-0.3, -0.25) is 9.59 Å². The minimum absolute atomic E-state index is 0.217. The lowest BCUT2D eigenvalue weighted by Gasteiger charge is -2.13. The van der Waals surface area contributed by atoms with E-state index in [9.17, 15) is 14.4 Å². The van der Waals surface area contributed by atoms with E-state index in [0.29, 0.717) is 27.8 Å². The Morgan fingerprint density at radius 1 is 0.955 bits per heavy atom. The second-order valence-corrected chi connectivity index (χ2v) is 5.22. The number of benzene rings is 2. The zero-order valence-corrected chi connectivity index (χ0v) is 12.3. The number of hydrogen-bond donors (Lipinski definition) is 0. The topological polar surface area (TPSA) is 60.4 Å². The van der Waals surface area contributed by atoms with E-state index in [1.807, 2.05) is 0 Å². The number of carbonyl (C=O) groups is 3. The molecule has 0 aromatic heterocycles. The standard InChI is InChI=1S/C18H14O4/c1-10-11(8-5-9-12(10)18(21)22-2)15-16(19)13-6-3-4-7-14(13)17(15)20/h3-9,15H,1-2H3. The van der Waals surface area contributed by atoms with Crippen molar-refractivity contribution in [2.45, 2.75) is 12.8 Å². The summed E-state index contributed by atoms with van der Waals surface area (Å²) in [5.41, 5.74) is 2.43. The molecule has 110 valence electrons. The highest BCUT2D eigenvalue weighted by molar-refractivity contribution is 6.29. The van der Waals surface area contributed by atoms with Crippen LogP contribution in [0.3, 0.4) is 0 Å². The molecule has 0 N–H and O–H groups in total. The summed E-state index contributed by atoms with van der Waals surface area (Å²) in [5.74, 6) is -1.78. The fourth-order valence-corrected chi connectivity index (χ4v) is 2.92. The Balaban J connectivity index is 2.13. The molecule has 22 heavy (non-hydrogen) atoms. The van der Waals surface area contributed by atoms with Crippen LogP contribution in [-0.4, -0.2) is 24.6 Å². The largest absolute Gasteiger partial charge is 0.465 e. The van der Waals surface area contributed by atoms with Crippen LogP contribution in [0.4, 0.5) is 0 Å². The number of methoxy groups -OCH3 is 1. The molecular weight excluding hydrogens is 280 g/mol. The van der Waals surface area contributed by atoms with E-state index in [0.717, 1.165) is 0 Å². The fraction of sp³-hybridized carbons (Fsp3) is 0.167. The SMILES string of the molecule is COC(=O)c1cccc(C2C(=O)c3ccccc3C2=O)c1C. The van der Waals surface area contributed by atoms with E-state index in [4.69, 9.17) is 4.74 Å². The molecule has 2 aromatic carbocycles. The molecule has 3 rings (SSSR count). The highest BCUT2D eigenvalue weighted by atomic mass is 16.5. The molecule has 0 aliphatic heterocycles. The first-order valence-corrected chi connectivity index (χ1v) is 6.91. The molecule has 0 spiro atoms. The maximum absolute atomic E-state index is 12.6. The van der Waals surface area contributed by atoms with Crippen LogP contribution in [0.15, 0.2) is 42.5 Å². The van der Waals surface area contributed by atoms with E-state index in [1.54, 1.807) is 49.4 Å². The minimum Gasteiger partial charge on any atom is -0.465 e. The van der Waals surface area contributed by atoms with Crippen molar-refractivity contribution in [3.05, 3.63) is 70.3 Å². The molecule has 0 unspecified atom stereocenters. The highest BCUT2D eigenvalue weighted by Gasteiger charge is 2.40. The lowest BCUT2D eigenvalue weighted by molar-refractivity contribution is 0.0598. The fourth-order valence-electron chi connectivity index (χ4n) is 2.92. The molecule has 0 bridgehead atoms. The highest BCUT2D eigenvalue weighted by Crippen LogP contribution is 2.36. The van der Waals surface area contributed by atoms with Gasteiger partial charge in [-0.2, -0.15) is 0 Å². The van der Waals surface area contributed by atoms with Crippen LogP contribution in [0.1, 0.15) is 48.1 Å². The van der Waals surface area contributed by atoms with Crippen molar-refractivity contribution in [3.8, 4) is 0 Å². The molecule has 1 aliphatic carbocycles. The Morgan fingerprint density at radius 2 is 1.55 bits per heavy atom. The molecule has 0 atom stereocenters. The molecule has 0 saturated carbocycles. The van der Waals surface area contributed by atoms with Gasteiger partial charge in [-0.1, -0.05) is 36.4 Å². The average Bonchev–Trinajstić information content (AvgIpc) is 2.79. The first kappa shape index (κ1) is 14.2. The van der Waals surface area contributed by atoms with Crippen LogP contribution in [0.25, 0.3) is 0 Å². The predicted octanol–water partition coefficient (Wildman–Crippen LogP) is 2.94. The number of ketones is 2. The van der Waals surface area contributed by atoms with Gasteiger partial charge in [0.05, 0.1) is 12.7 Å². The summed E-state index contributed by atoms with van der Waals surface area (Å²) in [6.45, 7) is 1.73. The average molecular weight is 294 g/mol. The molecule has 4 heteroatoms. The van der Waals surface area contributed by atoms with E-state index in [2.05, 4.69) is 0 Å². The van der Waals surface area contributed by atoms with Crippen molar-refractivity contribution in [3.63, 3.8) is 0 Å². The van der Waals surface area contributed by atoms with Crippen LogP contribution in [0.5, 0.6) is 0 Å². The molecule has 0 saturated heterocycles. The summed E-state index contributed by atoms with van der Waals surface area (Å²) in [6.07, 6.45) is 0. The zero-order valence-electron chi connectivity index (χ0n) is 12.3. The predicted molar refractivity (Wildman–Crippen MR) is 80.4 cm³/mol. The van der Waals surface area contributed by atoms with Crippen molar-refractivity contribution < 1.29 is 19.1 Å². The van der Waals surface area contributed by atoms with E-state index >= 15 is 0 Å². The lowest BCUT2D eigenvalue weighted by atomic mass is 9.88. The molecule has 0 radical (unpaired) electrons. The second-order valence-electron chi connectivity index (χ2n) is 5.22. The first-order valence-electron chi connectivity index (χ1n) is 6.91. The second kappa shape index (κ2) is 5.22. The Hall–Kier alpha value is -2.75. The molecule has 0 amide bonds. The van der Waals surface area contributed by atoms with Gasteiger partial charge in [0.25, 0.3) is 0 Å². The zero-order chi connectivity index (χ0) is 15.9. The van der Waals surface area contributed by atoms with E-state index in [1.165, 1.54) is 7.11 Å². The number of fused-ring (bicyclic) bond motifs is 1. The Morgan fingerprint density at radius 3 is 2.09 bits per heavy atom. The van der Waals surface area contributed by atoms with Crippen LogP contribution in [0.2, 0.25) is 0 Å². The summed E-state index contributed by atoms with van der Waals surface area (Å²) in [7, 11) is 1.30. The van der Waals surface area contributed by atoms with Crippen molar-refractivity contribution in [2.75, 3.05) is 7.11 Å². The normalized spacial score (nSPS) is 14.1. The van der Waals surface area contributed by atoms with Gasteiger partial charge in [-0.05, 0) is 24.1 Å². The van der Waals surface area contributed by atoms with Gasteiger partial charge < -0.3 is 4.74 Å². The number of Topliss-reactive ketones (excluding diaryl/α,β-unsaturated/α-hetero) is 2. The van der Waals surface area contributed by atoms with Gasteiger partial charge in [0, 0.05) is 11.1 Å². The maximum Gasteiger partial charge on any atom is 0.338 e. The van der Waals surface area contributed by atoms with Gasteiger partial charge in [0.15, 0.2) is 11.6 Å². The first-order chi connectivity index (χ1) is 10.6. The number of ether oxygens (including phenoxy) is 1. The quantitative estimate of drug-likeness (QED) is 0.631. The molecular formula is C18H14O4. The molecule has 1 aliphatic rings. The van der Waals surface area contributed by atoms with Gasteiger partial charge in [-0.25, -0.2) is 4.79 Å². The van der Waals surface area contributed by atoms with Crippen LogP contribution < -0.4 is 0 Å². The van der Waals surface area contributed by atoms with E-state index in [-0.39, 0.29) is 11.6 Å². The van der Waals surface area contributed by atoms with Crippen LogP contribution in [-0.2, 0) is 4.74 Å². The summed E-state index contributed by atoms with van der Waals surface area (Å²) in [6, 6.07) is 11.8. The molecule has 4 nitrogen and oxygen atoms in total. The summed E-state index contributed by atoms with van der Waals surface area (Å²) in [4.78, 5) is 36.9. The lowest BCUT2D eigenvalue weighted by Crippen LogP contribution is -2.16. The van der Waals surface area contributed by atoms with Gasteiger partial charge in [0.1, 0.15) is 5.92 Å². The number of rotatable bonds is 2. The summed E-state index contributed by atoms with van der Waals surface area (Å²) < 4.78 is 4.74. The number of esters is 1. The van der Waals surface area contributed by atoms with Crippen molar-refractivity contribution >= 4 is 17.5 Å². The summed E-state index contributed by atoms with van der Waals surface area (Å²) in [5, 5.41) is 0. The third-order valence-electron chi connectivity index (χ3n) is 4.07. The molecule has 2 aromatic rings. The van der Waals surface area contributed by atoms with Gasteiger partial charge in [0.2, 0.25) is 0 Å².